The molecule has 0 fully saturated rings. The summed E-state index contributed by atoms with van der Waals surface area (Å²) in [6.45, 7) is 26.0. The van der Waals surface area contributed by atoms with Crippen LogP contribution in [-0.2, 0) is 13.6 Å². The van der Waals surface area contributed by atoms with Crippen molar-refractivity contribution in [3.63, 3.8) is 0 Å². The lowest BCUT2D eigenvalue weighted by molar-refractivity contribution is 0.0580. The van der Waals surface area contributed by atoms with Gasteiger partial charge in [0.2, 0.25) is 0 Å². The monoisotopic (exact) mass is 622 g/mol. The summed E-state index contributed by atoms with van der Waals surface area (Å²) in [5.41, 5.74) is -0.842. The zero-order chi connectivity index (χ0) is 32.6. The topological polar surface area (TPSA) is 115 Å². The van der Waals surface area contributed by atoms with Crippen LogP contribution in [0.15, 0.2) is 18.3 Å². The van der Waals surface area contributed by atoms with Crippen LogP contribution in [-0.4, -0.2) is 57.4 Å². The molecule has 2 rings (SSSR count). The summed E-state index contributed by atoms with van der Waals surface area (Å²) in [4.78, 5) is 41.5. The number of hydrogen-bond donors (Lipinski definition) is 1. The largest absolute Gasteiger partial charge is 0.464 e. The van der Waals surface area contributed by atoms with Crippen molar-refractivity contribution in [3.05, 3.63) is 35.3 Å². The number of hydrogen-bond acceptors (Lipinski definition) is 7. The fourth-order valence-corrected chi connectivity index (χ4v) is 5.88. The molecule has 0 saturated carbocycles. The van der Waals surface area contributed by atoms with E-state index < -0.39 is 46.3 Å². The third kappa shape index (κ3) is 8.03. The highest BCUT2D eigenvalue weighted by Gasteiger charge is 2.42. The Labute approximate surface area is 251 Å². The average Bonchev–Trinajstić information content (AvgIpc) is 2.78. The SMILES string of the molecule is CC(C)(C)OC(=O)N(C(=O)O)c1cc2c(C=O)c(F)cc(C(CO[Si](C)(C)C(C)(C)C)O[Si](C)(C)C(C)(C)C)c2cn1. The molecule has 2 amide bonds. The number of anilines is 1. The van der Waals surface area contributed by atoms with Gasteiger partial charge in [-0.3, -0.25) is 4.79 Å². The first kappa shape index (κ1) is 35.5. The van der Waals surface area contributed by atoms with Crippen molar-refractivity contribution in [3.8, 4) is 0 Å². The normalized spacial score (nSPS) is 14.0. The Hall–Kier alpha value is -2.68. The first-order chi connectivity index (χ1) is 18.8. The molecule has 0 radical (unpaired) electrons. The zero-order valence-electron chi connectivity index (χ0n) is 27.3. The van der Waals surface area contributed by atoms with Crippen LogP contribution in [0.5, 0.6) is 0 Å². The molecule has 42 heavy (non-hydrogen) atoms. The minimum absolute atomic E-state index is 0.0817. The van der Waals surface area contributed by atoms with Gasteiger partial charge in [-0.2, -0.15) is 4.90 Å². The number of benzene rings is 1. The smallest absolute Gasteiger partial charge is 0.425 e. The second kappa shape index (κ2) is 12.1. The quantitative estimate of drug-likeness (QED) is 0.230. The summed E-state index contributed by atoms with van der Waals surface area (Å²) in [5.74, 6) is -1.14. The molecule has 1 aromatic carbocycles. The molecule has 0 saturated heterocycles. The summed E-state index contributed by atoms with van der Waals surface area (Å²) in [6, 6.07) is 2.48. The summed E-state index contributed by atoms with van der Waals surface area (Å²) in [7, 11) is -4.67. The standard InChI is InChI=1S/C30H47FN2O7Si2/c1-28(2,3)39-27(37)33(26(35)36)25-15-19-21(16-32-25)20(14-23(31)22(19)17-34)24(40-42(12,13)30(7,8)9)18-38-41(10,11)29(4,5)6/h14-17,24H,18H2,1-13H3,(H,35,36). The molecule has 0 aliphatic rings. The minimum atomic E-state index is -2.43. The van der Waals surface area contributed by atoms with Gasteiger partial charge in [0, 0.05) is 17.0 Å². The van der Waals surface area contributed by atoms with E-state index in [-0.39, 0.29) is 33.5 Å². The fourth-order valence-electron chi connectivity index (χ4n) is 3.62. The van der Waals surface area contributed by atoms with Gasteiger partial charge in [-0.15, -0.1) is 0 Å². The number of amides is 2. The van der Waals surface area contributed by atoms with Crippen LogP contribution in [0, 0.1) is 5.82 Å². The van der Waals surface area contributed by atoms with Crippen molar-refractivity contribution >= 4 is 51.7 Å². The van der Waals surface area contributed by atoms with Crippen molar-refractivity contribution in [2.75, 3.05) is 11.5 Å². The Morgan fingerprint density at radius 2 is 1.52 bits per heavy atom. The number of carboxylic acid groups (broad SMARTS) is 1. The highest BCUT2D eigenvalue weighted by Crippen LogP contribution is 2.43. The number of aldehydes is 1. The number of halogens is 1. The van der Waals surface area contributed by atoms with Crippen molar-refractivity contribution in [1.29, 1.82) is 0 Å². The maximum Gasteiger partial charge on any atom is 0.425 e. The molecule has 0 spiro atoms. The third-order valence-electron chi connectivity index (χ3n) is 8.14. The third-order valence-corrected chi connectivity index (χ3v) is 17.1. The van der Waals surface area contributed by atoms with Gasteiger partial charge in [0.1, 0.15) is 17.2 Å². The Balaban J connectivity index is 2.81. The maximum atomic E-state index is 15.6. The first-order valence-electron chi connectivity index (χ1n) is 14.0. The minimum Gasteiger partial charge on any atom is -0.464 e. The van der Waals surface area contributed by atoms with E-state index in [1.54, 1.807) is 20.8 Å². The van der Waals surface area contributed by atoms with E-state index in [0.29, 0.717) is 22.1 Å². The number of fused-ring (bicyclic) bond motifs is 1. The molecule has 0 aliphatic carbocycles. The molecule has 1 atom stereocenters. The summed E-state index contributed by atoms with van der Waals surface area (Å²) >= 11 is 0. The zero-order valence-corrected chi connectivity index (χ0v) is 29.3. The number of ether oxygens (including phenoxy) is 1. The maximum absolute atomic E-state index is 15.6. The lowest BCUT2D eigenvalue weighted by Gasteiger charge is -2.42. The van der Waals surface area contributed by atoms with Gasteiger partial charge in [0.05, 0.1) is 18.3 Å². The van der Waals surface area contributed by atoms with Gasteiger partial charge in [-0.25, -0.2) is 19.0 Å². The van der Waals surface area contributed by atoms with Gasteiger partial charge in [-0.05, 0) is 74.7 Å². The molecular weight excluding hydrogens is 576 g/mol. The molecule has 1 N–H and O–H groups in total. The molecule has 1 unspecified atom stereocenters. The highest BCUT2D eigenvalue weighted by atomic mass is 28.4. The molecule has 2 aromatic rings. The van der Waals surface area contributed by atoms with E-state index in [0.717, 1.165) is 0 Å². The Morgan fingerprint density at radius 3 is 1.98 bits per heavy atom. The van der Waals surface area contributed by atoms with Gasteiger partial charge >= 0.3 is 12.2 Å². The van der Waals surface area contributed by atoms with Gasteiger partial charge in [0.25, 0.3) is 0 Å². The molecular formula is C30H47FN2O7Si2. The average molecular weight is 623 g/mol. The fraction of sp³-hybridized carbons (Fsp3) is 0.600. The van der Waals surface area contributed by atoms with Crippen LogP contribution in [0.25, 0.3) is 10.8 Å². The number of carbonyl (C=O) groups is 3. The van der Waals surface area contributed by atoms with Crippen LogP contribution in [0.2, 0.25) is 36.3 Å². The molecule has 1 heterocycles. The first-order valence-corrected chi connectivity index (χ1v) is 19.8. The second-order valence-corrected chi connectivity index (χ2v) is 24.2. The van der Waals surface area contributed by atoms with Crippen molar-refractivity contribution in [2.45, 2.75) is 110 Å². The van der Waals surface area contributed by atoms with Gasteiger partial charge in [0.15, 0.2) is 22.9 Å². The second-order valence-electron chi connectivity index (χ2n) is 14.6. The highest BCUT2D eigenvalue weighted by molar-refractivity contribution is 6.74. The predicted octanol–water partition coefficient (Wildman–Crippen LogP) is 8.69. The Bertz CT molecular complexity index is 1340. The predicted molar refractivity (Wildman–Crippen MR) is 168 cm³/mol. The van der Waals surface area contributed by atoms with E-state index in [1.807, 2.05) is 0 Å². The number of pyridine rings is 1. The van der Waals surface area contributed by atoms with E-state index in [1.165, 1.54) is 18.3 Å². The molecule has 12 heteroatoms. The van der Waals surface area contributed by atoms with E-state index >= 15 is 4.39 Å². The van der Waals surface area contributed by atoms with Gasteiger partial charge in [-0.1, -0.05) is 41.5 Å². The van der Waals surface area contributed by atoms with Crippen LogP contribution < -0.4 is 4.90 Å². The lowest BCUT2D eigenvalue weighted by atomic mass is 9.98. The number of aromatic nitrogens is 1. The molecule has 0 aliphatic heterocycles. The van der Waals surface area contributed by atoms with Gasteiger partial charge < -0.3 is 18.7 Å². The number of rotatable bonds is 8. The molecule has 0 bridgehead atoms. The van der Waals surface area contributed by atoms with E-state index in [2.05, 4.69) is 72.7 Å². The van der Waals surface area contributed by atoms with Crippen LogP contribution in [0.1, 0.15) is 84.3 Å². The van der Waals surface area contributed by atoms with Crippen molar-refractivity contribution in [2.24, 2.45) is 0 Å². The summed E-state index contributed by atoms with van der Waals surface area (Å²) in [5, 5.41) is 10.1. The van der Waals surface area contributed by atoms with Crippen molar-refractivity contribution in [1.82, 2.24) is 4.98 Å². The number of carbonyl (C=O) groups excluding carboxylic acids is 2. The molecule has 1 aromatic heterocycles. The number of imide groups is 1. The van der Waals surface area contributed by atoms with E-state index in [9.17, 15) is 19.5 Å². The number of nitrogens with zero attached hydrogens (tertiary/aromatic N) is 2. The van der Waals surface area contributed by atoms with E-state index in [4.69, 9.17) is 13.6 Å². The van der Waals surface area contributed by atoms with Crippen LogP contribution in [0.3, 0.4) is 0 Å². The van der Waals surface area contributed by atoms with Crippen LogP contribution >= 0.6 is 0 Å². The summed E-state index contributed by atoms with van der Waals surface area (Å²) in [6.07, 6.45) is -1.82. The molecule has 234 valence electrons. The van der Waals surface area contributed by atoms with Crippen LogP contribution in [0.4, 0.5) is 19.8 Å². The lowest BCUT2D eigenvalue weighted by Crippen LogP contribution is -2.45. The van der Waals surface area contributed by atoms with Crippen molar-refractivity contribution < 1.29 is 37.5 Å². The Morgan fingerprint density at radius 1 is 0.976 bits per heavy atom. The Kier molecular flexibility index (Phi) is 10.3. The summed E-state index contributed by atoms with van der Waals surface area (Å²) < 4.78 is 34.2. The molecule has 9 nitrogen and oxygen atoms in total.